The van der Waals surface area contributed by atoms with Crippen LogP contribution in [0, 0.1) is 0 Å². The number of hydrogen-bond acceptors (Lipinski definition) is 2. The van der Waals surface area contributed by atoms with Crippen molar-refractivity contribution in [2.75, 3.05) is 5.32 Å². The lowest BCUT2D eigenvalue weighted by atomic mass is 10.1. The van der Waals surface area contributed by atoms with Crippen molar-refractivity contribution >= 4 is 11.8 Å². The number of para-hydroxylation sites is 2. The summed E-state index contributed by atoms with van der Waals surface area (Å²) in [5.74, 6) is 0.641. The Bertz CT molecular complexity index is 566. The Labute approximate surface area is 126 Å². The molecule has 0 saturated heterocycles. The molecule has 1 amide bonds. The van der Waals surface area contributed by atoms with Crippen molar-refractivity contribution in [3.05, 3.63) is 60.2 Å². The fourth-order valence-corrected chi connectivity index (χ4v) is 2.14. The predicted octanol–water partition coefficient (Wildman–Crippen LogP) is 5.03. The smallest absolute Gasteiger partial charge is 0.410 e. The molecule has 2 aromatic carbocycles. The first-order valence-electron chi connectivity index (χ1n) is 7.41. The molecule has 0 aliphatic carbocycles. The van der Waals surface area contributed by atoms with Crippen LogP contribution in [-0.4, -0.2) is 6.09 Å². The number of unbranched alkanes of at least 4 members (excludes halogenated alkanes) is 2. The average Bonchev–Trinajstić information content (AvgIpc) is 2.50. The second-order valence-corrected chi connectivity index (χ2v) is 4.95. The quantitative estimate of drug-likeness (QED) is 0.755. The van der Waals surface area contributed by atoms with Crippen LogP contribution in [0.3, 0.4) is 0 Å². The Balaban J connectivity index is 1.97. The van der Waals surface area contributed by atoms with Crippen LogP contribution in [0.15, 0.2) is 54.6 Å². The van der Waals surface area contributed by atoms with Crippen molar-refractivity contribution < 1.29 is 9.53 Å². The zero-order valence-electron chi connectivity index (χ0n) is 12.3. The Hall–Kier alpha value is -2.29. The van der Waals surface area contributed by atoms with E-state index in [0.29, 0.717) is 5.75 Å². The van der Waals surface area contributed by atoms with Gasteiger partial charge in [-0.15, -0.1) is 0 Å². The molecule has 21 heavy (non-hydrogen) atoms. The summed E-state index contributed by atoms with van der Waals surface area (Å²) >= 11 is 0. The first kappa shape index (κ1) is 15.1. The lowest BCUT2D eigenvalue weighted by Gasteiger charge is -2.10. The second-order valence-electron chi connectivity index (χ2n) is 4.95. The normalized spacial score (nSPS) is 10.1. The molecule has 0 unspecified atom stereocenters. The van der Waals surface area contributed by atoms with Crippen molar-refractivity contribution in [1.82, 2.24) is 0 Å². The molecule has 0 atom stereocenters. The van der Waals surface area contributed by atoms with E-state index >= 15 is 0 Å². The van der Waals surface area contributed by atoms with Crippen LogP contribution in [0.2, 0.25) is 0 Å². The van der Waals surface area contributed by atoms with Gasteiger partial charge < -0.3 is 4.74 Å². The zero-order chi connectivity index (χ0) is 14.9. The maximum atomic E-state index is 11.9. The number of hydrogen-bond donors (Lipinski definition) is 1. The van der Waals surface area contributed by atoms with Gasteiger partial charge in [-0.2, -0.15) is 0 Å². The van der Waals surface area contributed by atoms with E-state index in [1.807, 2.05) is 54.6 Å². The summed E-state index contributed by atoms with van der Waals surface area (Å²) in [5, 5.41) is 2.72. The van der Waals surface area contributed by atoms with E-state index in [1.54, 1.807) is 0 Å². The van der Waals surface area contributed by atoms with Gasteiger partial charge in [-0.1, -0.05) is 56.2 Å². The number of anilines is 1. The molecule has 0 radical (unpaired) electrons. The van der Waals surface area contributed by atoms with Gasteiger partial charge in [0.1, 0.15) is 5.75 Å². The van der Waals surface area contributed by atoms with E-state index in [0.717, 1.165) is 24.1 Å². The SMILES string of the molecule is CCCCCc1ccccc1OC(=O)Nc1ccccc1. The number of nitrogens with one attached hydrogen (secondary N) is 1. The minimum atomic E-state index is -0.454. The van der Waals surface area contributed by atoms with Crippen LogP contribution in [0.4, 0.5) is 10.5 Å². The molecule has 1 N–H and O–H groups in total. The van der Waals surface area contributed by atoms with Gasteiger partial charge in [0, 0.05) is 5.69 Å². The number of aryl methyl sites for hydroxylation is 1. The van der Waals surface area contributed by atoms with Crippen molar-refractivity contribution in [1.29, 1.82) is 0 Å². The third kappa shape index (κ3) is 4.95. The zero-order valence-corrected chi connectivity index (χ0v) is 12.3. The highest BCUT2D eigenvalue weighted by molar-refractivity contribution is 5.86. The molecule has 0 aromatic heterocycles. The standard InChI is InChI=1S/C18H21NO2/c1-2-3-5-10-15-11-8-9-14-17(15)21-18(20)19-16-12-6-4-7-13-16/h4,6-9,11-14H,2-3,5,10H2,1H3,(H,19,20). The maximum absolute atomic E-state index is 11.9. The van der Waals surface area contributed by atoms with Crippen molar-refractivity contribution in [3.8, 4) is 5.75 Å². The molecule has 3 nitrogen and oxygen atoms in total. The summed E-state index contributed by atoms with van der Waals surface area (Å²) in [7, 11) is 0. The van der Waals surface area contributed by atoms with E-state index in [1.165, 1.54) is 12.8 Å². The molecule has 2 rings (SSSR count). The fourth-order valence-electron chi connectivity index (χ4n) is 2.14. The van der Waals surface area contributed by atoms with Gasteiger partial charge in [-0.05, 0) is 36.6 Å². The first-order chi connectivity index (χ1) is 10.3. The van der Waals surface area contributed by atoms with Gasteiger partial charge >= 0.3 is 6.09 Å². The van der Waals surface area contributed by atoms with Gasteiger partial charge in [0.25, 0.3) is 0 Å². The third-order valence-electron chi connectivity index (χ3n) is 3.25. The molecule has 2 aromatic rings. The predicted molar refractivity (Wildman–Crippen MR) is 85.8 cm³/mol. The van der Waals surface area contributed by atoms with E-state index in [4.69, 9.17) is 4.74 Å². The molecule has 0 fully saturated rings. The average molecular weight is 283 g/mol. The lowest BCUT2D eigenvalue weighted by Crippen LogP contribution is -2.17. The Morgan fingerprint density at radius 3 is 2.48 bits per heavy atom. The number of carbonyl (C=O) groups excluding carboxylic acids is 1. The summed E-state index contributed by atoms with van der Waals surface area (Å²) in [6.45, 7) is 2.18. The minimum Gasteiger partial charge on any atom is -0.410 e. The Morgan fingerprint density at radius 1 is 1.00 bits per heavy atom. The third-order valence-corrected chi connectivity index (χ3v) is 3.25. The Kier molecular flexibility index (Phi) is 5.83. The summed E-state index contributed by atoms with van der Waals surface area (Å²) in [4.78, 5) is 11.9. The molecule has 0 aliphatic heterocycles. The molecule has 0 heterocycles. The molecule has 110 valence electrons. The van der Waals surface area contributed by atoms with Crippen molar-refractivity contribution in [2.45, 2.75) is 32.6 Å². The highest BCUT2D eigenvalue weighted by Crippen LogP contribution is 2.21. The highest BCUT2D eigenvalue weighted by Gasteiger charge is 2.08. The van der Waals surface area contributed by atoms with Gasteiger partial charge in [0.05, 0.1) is 0 Å². The number of rotatable bonds is 6. The summed E-state index contributed by atoms with van der Waals surface area (Å²) in [6, 6.07) is 17.0. The number of carbonyl (C=O) groups is 1. The first-order valence-corrected chi connectivity index (χ1v) is 7.41. The minimum absolute atomic E-state index is 0.454. The van der Waals surface area contributed by atoms with Gasteiger partial charge in [0.2, 0.25) is 0 Å². The summed E-state index contributed by atoms with van der Waals surface area (Å²) in [5.41, 5.74) is 1.81. The van der Waals surface area contributed by atoms with Crippen LogP contribution in [0.25, 0.3) is 0 Å². The van der Waals surface area contributed by atoms with Crippen LogP contribution < -0.4 is 10.1 Å². The van der Waals surface area contributed by atoms with E-state index in [-0.39, 0.29) is 0 Å². The van der Waals surface area contributed by atoms with E-state index in [2.05, 4.69) is 12.2 Å². The second kappa shape index (κ2) is 8.10. The topological polar surface area (TPSA) is 38.3 Å². The molecular weight excluding hydrogens is 262 g/mol. The monoisotopic (exact) mass is 283 g/mol. The molecule has 0 aliphatic rings. The van der Waals surface area contributed by atoms with Crippen LogP contribution in [0.1, 0.15) is 31.7 Å². The lowest BCUT2D eigenvalue weighted by molar-refractivity contribution is 0.214. The molecule has 0 bridgehead atoms. The molecule has 3 heteroatoms. The summed E-state index contributed by atoms with van der Waals surface area (Å²) in [6.07, 6.45) is 3.95. The molecule has 0 saturated carbocycles. The van der Waals surface area contributed by atoms with E-state index < -0.39 is 6.09 Å². The highest BCUT2D eigenvalue weighted by atomic mass is 16.6. The van der Waals surface area contributed by atoms with Crippen LogP contribution >= 0.6 is 0 Å². The maximum Gasteiger partial charge on any atom is 0.417 e. The van der Waals surface area contributed by atoms with Gasteiger partial charge in [-0.3, -0.25) is 5.32 Å². The molecular formula is C18H21NO2. The van der Waals surface area contributed by atoms with E-state index in [9.17, 15) is 4.79 Å². The summed E-state index contributed by atoms with van der Waals surface area (Å²) < 4.78 is 5.43. The largest absolute Gasteiger partial charge is 0.417 e. The van der Waals surface area contributed by atoms with Gasteiger partial charge in [-0.25, -0.2) is 4.79 Å². The number of amides is 1. The van der Waals surface area contributed by atoms with Crippen LogP contribution in [0.5, 0.6) is 5.75 Å². The number of ether oxygens (including phenoxy) is 1. The van der Waals surface area contributed by atoms with Crippen molar-refractivity contribution in [2.24, 2.45) is 0 Å². The van der Waals surface area contributed by atoms with Crippen LogP contribution in [-0.2, 0) is 6.42 Å². The Morgan fingerprint density at radius 2 is 1.71 bits per heavy atom. The van der Waals surface area contributed by atoms with Gasteiger partial charge in [0.15, 0.2) is 0 Å². The number of benzene rings is 2. The molecule has 0 spiro atoms. The van der Waals surface area contributed by atoms with Crippen molar-refractivity contribution in [3.63, 3.8) is 0 Å². The fraction of sp³-hybridized carbons (Fsp3) is 0.278.